The molecule has 2 unspecified atom stereocenters. The second-order valence-electron chi connectivity index (χ2n) is 8.35. The predicted molar refractivity (Wildman–Crippen MR) is 110 cm³/mol. The van der Waals surface area contributed by atoms with Crippen molar-refractivity contribution in [2.75, 3.05) is 34.8 Å². The molecular weight excluding hydrogens is 582 g/mol. The fourth-order valence-corrected chi connectivity index (χ4v) is 2.11. The summed E-state index contributed by atoms with van der Waals surface area (Å²) in [5, 5.41) is 0. The Morgan fingerprint density at radius 1 is 1.11 bits per heavy atom. The quantitative estimate of drug-likeness (QED) is 0.313. The van der Waals surface area contributed by atoms with Gasteiger partial charge in [0.05, 0.1) is 12.7 Å². The normalized spacial score (nSPS) is 17.7. The minimum atomic E-state index is 0. The number of rotatable bonds is 7. The third-order valence-corrected chi connectivity index (χ3v) is 7.38. The Labute approximate surface area is 203 Å². The standard InChI is InChI=1S/C12H23O.C5H11N.C4H9N.2V.W/c1-8(2)12(5,6)10(4)9(3)11-7-13-11;1-4-5-6(2)3;1-4-5(2)3;;;/h9-11H,7H2,1-6H3;4H2,1-3H3;1-3H3;;;/q-1;;;;;/t9-,10?,11?;;;;;/m0...../s1. The van der Waals surface area contributed by atoms with Gasteiger partial charge < -0.3 is 10.7 Å². The van der Waals surface area contributed by atoms with Crippen molar-refractivity contribution in [3.05, 3.63) is 5.92 Å². The molecule has 3 atom stereocenters. The van der Waals surface area contributed by atoms with Crippen LogP contribution in [0.2, 0.25) is 0 Å². The van der Waals surface area contributed by atoms with Gasteiger partial charge in [-0.05, 0) is 5.92 Å². The summed E-state index contributed by atoms with van der Waals surface area (Å²) in [5.41, 5.74) is 0.339. The van der Waals surface area contributed by atoms with Gasteiger partial charge in [0.2, 0.25) is 0 Å². The average molecular weight is 625 g/mol. The van der Waals surface area contributed by atoms with E-state index in [4.69, 9.17) is 4.74 Å². The first kappa shape index (κ1) is 33.1. The van der Waals surface area contributed by atoms with Crippen LogP contribution in [0.1, 0.15) is 61.8 Å². The van der Waals surface area contributed by atoms with Gasteiger partial charge in [-0.2, -0.15) is 19.3 Å². The van der Waals surface area contributed by atoms with E-state index in [0.717, 1.165) is 13.0 Å². The zero-order valence-corrected chi connectivity index (χ0v) is 25.5. The van der Waals surface area contributed by atoms with Crippen LogP contribution in [0.15, 0.2) is 0 Å². The Bertz CT molecular complexity index is 422. The molecule has 0 saturated carbocycles. The smallest absolute Gasteiger partial charge is 0 e. The van der Waals surface area contributed by atoms with Crippen molar-refractivity contribution in [1.82, 2.24) is 9.80 Å². The van der Waals surface area contributed by atoms with E-state index in [0.29, 0.717) is 23.4 Å². The Hall–Kier alpha value is 1.48. The summed E-state index contributed by atoms with van der Waals surface area (Å²) in [6.07, 6.45) is 1.67. The Morgan fingerprint density at radius 3 is 1.63 bits per heavy atom. The topological polar surface area (TPSA) is 19.0 Å². The van der Waals surface area contributed by atoms with Crippen LogP contribution in [-0.2, 0) is 59.8 Å². The molecule has 1 fully saturated rings. The van der Waals surface area contributed by atoms with Crippen LogP contribution in [0.3, 0.4) is 0 Å². The minimum Gasteiger partial charge on any atom is 0 e. The van der Waals surface area contributed by atoms with Crippen molar-refractivity contribution < 1.29 is 59.8 Å². The van der Waals surface area contributed by atoms with Crippen LogP contribution in [0.4, 0.5) is 0 Å². The van der Waals surface area contributed by atoms with E-state index in [-0.39, 0.29) is 21.1 Å². The molecule has 1 saturated heterocycles. The van der Waals surface area contributed by atoms with Gasteiger partial charge >= 0.3 is 101 Å². The molecular formula is C21H43N2OV2W-. The van der Waals surface area contributed by atoms with E-state index < -0.39 is 0 Å². The summed E-state index contributed by atoms with van der Waals surface area (Å²) in [6, 6.07) is 0. The Balaban J connectivity index is -0.000000352. The molecule has 1 aliphatic heterocycles. The summed E-state index contributed by atoms with van der Waals surface area (Å²) >= 11 is 5.04. The molecule has 0 aromatic heterocycles. The van der Waals surface area contributed by atoms with Gasteiger partial charge in [-0.1, -0.05) is 33.6 Å². The SMILES string of the molecule is CC[C](=[V])N(C)C.C[C-](C)C(C)(C)C(C)[C@H](C)C1CO1.C[C](=[V])N(C)C.[W]. The zero-order chi connectivity index (χ0) is 21.2. The molecule has 0 bridgehead atoms. The number of ether oxygens (including phenoxy) is 1. The van der Waals surface area contributed by atoms with Gasteiger partial charge in [0.25, 0.3) is 0 Å². The summed E-state index contributed by atoms with van der Waals surface area (Å²) in [6.45, 7) is 19.0. The predicted octanol–water partition coefficient (Wildman–Crippen LogP) is 4.17. The van der Waals surface area contributed by atoms with Crippen molar-refractivity contribution in [3.63, 3.8) is 0 Å². The molecule has 0 aromatic carbocycles. The van der Waals surface area contributed by atoms with E-state index >= 15 is 0 Å². The van der Waals surface area contributed by atoms with Crippen LogP contribution in [-0.4, -0.2) is 59.4 Å². The van der Waals surface area contributed by atoms with Crippen LogP contribution in [0.25, 0.3) is 0 Å². The molecule has 3 nitrogen and oxygen atoms in total. The molecule has 1 aliphatic rings. The molecule has 0 amide bonds. The third kappa shape index (κ3) is 15.0. The molecule has 1 rings (SSSR count). The molecule has 0 aliphatic carbocycles. The molecule has 27 heavy (non-hydrogen) atoms. The van der Waals surface area contributed by atoms with E-state index in [1.807, 2.05) is 14.1 Å². The van der Waals surface area contributed by atoms with E-state index in [9.17, 15) is 0 Å². The van der Waals surface area contributed by atoms with E-state index in [2.05, 4.69) is 113 Å². The van der Waals surface area contributed by atoms with Crippen molar-refractivity contribution in [3.8, 4) is 0 Å². The second kappa shape index (κ2) is 16.2. The van der Waals surface area contributed by atoms with Gasteiger partial charge in [-0.25, -0.2) is 0 Å². The van der Waals surface area contributed by atoms with Gasteiger partial charge in [-0.3, -0.25) is 0 Å². The van der Waals surface area contributed by atoms with Crippen molar-refractivity contribution in [2.24, 2.45) is 17.3 Å². The van der Waals surface area contributed by atoms with Crippen LogP contribution in [0, 0.1) is 23.2 Å². The summed E-state index contributed by atoms with van der Waals surface area (Å²) in [4.78, 5) is 4.17. The fraction of sp³-hybridized carbons (Fsp3) is 0.857. The fourth-order valence-electron chi connectivity index (χ4n) is 2.11. The van der Waals surface area contributed by atoms with Gasteiger partial charge in [0.1, 0.15) is 0 Å². The largest absolute Gasteiger partial charge is 0 e. The van der Waals surface area contributed by atoms with Gasteiger partial charge in [-0.15, -0.1) is 0 Å². The first-order valence-corrected chi connectivity index (χ1v) is 10.9. The van der Waals surface area contributed by atoms with Gasteiger partial charge in [0.15, 0.2) is 0 Å². The van der Waals surface area contributed by atoms with Crippen molar-refractivity contribution in [1.29, 1.82) is 0 Å². The number of hydrogen-bond acceptors (Lipinski definition) is 3. The molecule has 6 heteroatoms. The molecule has 0 spiro atoms. The zero-order valence-electron chi connectivity index (χ0n) is 19.8. The average Bonchev–Trinajstić information content (AvgIpc) is 3.38. The van der Waals surface area contributed by atoms with E-state index in [1.54, 1.807) is 0 Å². The second-order valence-corrected chi connectivity index (χ2v) is 10.2. The monoisotopic (exact) mass is 625 g/mol. The number of epoxide rings is 1. The molecule has 1 heterocycles. The number of hydrogen-bond donors (Lipinski definition) is 0. The Morgan fingerprint density at radius 2 is 1.48 bits per heavy atom. The van der Waals surface area contributed by atoms with E-state index in [1.165, 1.54) is 14.6 Å². The first-order chi connectivity index (χ1) is 11.7. The molecule has 0 N–H and O–H groups in total. The molecule has 160 valence electrons. The maximum absolute atomic E-state index is 5.36. The van der Waals surface area contributed by atoms with Crippen LogP contribution < -0.4 is 0 Å². The van der Waals surface area contributed by atoms with Crippen LogP contribution in [0.5, 0.6) is 0 Å². The van der Waals surface area contributed by atoms with Crippen molar-refractivity contribution >= 4 is 8.70 Å². The molecule has 0 radical (unpaired) electrons. The maximum atomic E-state index is 5.36. The van der Waals surface area contributed by atoms with Crippen molar-refractivity contribution in [2.45, 2.75) is 67.9 Å². The van der Waals surface area contributed by atoms with Crippen LogP contribution >= 0.6 is 0 Å². The summed E-state index contributed by atoms with van der Waals surface area (Å²) < 4.78 is 8.01. The first-order valence-electron chi connectivity index (χ1n) is 9.54. The summed E-state index contributed by atoms with van der Waals surface area (Å²) in [7, 11) is 8.15. The summed E-state index contributed by atoms with van der Waals surface area (Å²) in [5.74, 6) is 2.90. The Kier molecular flexibility index (Phi) is 19.9. The number of nitrogens with zero attached hydrogens (tertiary/aromatic N) is 2. The van der Waals surface area contributed by atoms with Gasteiger partial charge in [0, 0.05) is 21.1 Å². The molecule has 0 aromatic rings. The minimum absolute atomic E-state index is 0. The maximum Gasteiger partial charge on any atom is 0 e. The third-order valence-electron chi connectivity index (χ3n) is 5.64.